The van der Waals surface area contributed by atoms with Crippen LogP contribution in [0.25, 0.3) is 10.9 Å². The standard InChI is InChI=1S/C25H29FN2O10/c1-10-2-3-12-16-13(8-15(26)17(12)27-6-4-11(29)5-7-27)18(30)14(9-28(10)16)24(36)38-25-21(33)19(31)20(32)22(37-25)23(34)35/h8-11,19-22,25,29,31-33H,2-7H2,1H3,(H,34,35). The van der Waals surface area contributed by atoms with Gasteiger partial charge in [-0.05, 0) is 38.7 Å². The van der Waals surface area contributed by atoms with Crippen molar-refractivity contribution in [3.8, 4) is 0 Å². The second-order valence-corrected chi connectivity index (χ2v) is 10.1. The number of benzene rings is 1. The van der Waals surface area contributed by atoms with E-state index in [1.165, 1.54) is 6.20 Å². The first-order chi connectivity index (χ1) is 18.0. The fourth-order valence-electron chi connectivity index (χ4n) is 5.53. The fourth-order valence-corrected chi connectivity index (χ4v) is 5.53. The van der Waals surface area contributed by atoms with Crippen LogP contribution >= 0.6 is 0 Å². The van der Waals surface area contributed by atoms with E-state index in [2.05, 4.69) is 0 Å². The van der Waals surface area contributed by atoms with Crippen LogP contribution in [0.15, 0.2) is 17.1 Å². The molecule has 0 saturated carbocycles. The molecule has 0 spiro atoms. The number of piperidine rings is 1. The SMILES string of the molecule is CC1CCc2c(N3CCC(O)CC3)c(F)cc3c(=O)c(C(=O)OC4OC(C(=O)O)C(O)C(O)C4O)cn1c23. The molecule has 3 aliphatic heterocycles. The van der Waals surface area contributed by atoms with Crippen molar-refractivity contribution < 1.29 is 49.0 Å². The Bertz CT molecular complexity index is 1340. The highest BCUT2D eigenvalue weighted by atomic mass is 19.1. The summed E-state index contributed by atoms with van der Waals surface area (Å²) in [5.41, 5.74) is 0.196. The Labute approximate surface area is 215 Å². The second-order valence-electron chi connectivity index (χ2n) is 10.1. The molecule has 2 aromatic rings. The molecular weight excluding hydrogens is 507 g/mol. The van der Waals surface area contributed by atoms with Crippen molar-refractivity contribution in [1.82, 2.24) is 4.57 Å². The Hall–Kier alpha value is -3.10. The lowest BCUT2D eigenvalue weighted by Gasteiger charge is -2.38. The Balaban J connectivity index is 1.54. The zero-order chi connectivity index (χ0) is 27.5. The van der Waals surface area contributed by atoms with Crippen LogP contribution in [0.3, 0.4) is 0 Å². The predicted molar refractivity (Wildman–Crippen MR) is 128 cm³/mol. The van der Waals surface area contributed by atoms with Crippen molar-refractivity contribution in [2.75, 3.05) is 18.0 Å². The van der Waals surface area contributed by atoms with Gasteiger partial charge in [0, 0.05) is 36.3 Å². The third-order valence-corrected chi connectivity index (χ3v) is 7.66. The topological polar surface area (TPSA) is 179 Å². The normalized spacial score (nSPS) is 29.9. The second kappa shape index (κ2) is 9.89. The maximum absolute atomic E-state index is 15.5. The first-order valence-corrected chi connectivity index (χ1v) is 12.5. The maximum Gasteiger partial charge on any atom is 0.346 e. The average molecular weight is 537 g/mol. The number of anilines is 1. The Kier molecular flexibility index (Phi) is 6.90. The van der Waals surface area contributed by atoms with E-state index in [1.807, 2.05) is 11.8 Å². The Morgan fingerprint density at radius 3 is 2.42 bits per heavy atom. The van der Waals surface area contributed by atoms with Gasteiger partial charge >= 0.3 is 11.9 Å². The quantitative estimate of drug-likeness (QED) is 0.323. The molecule has 0 aliphatic carbocycles. The van der Waals surface area contributed by atoms with Crippen molar-refractivity contribution in [3.05, 3.63) is 39.4 Å². The molecule has 206 valence electrons. The summed E-state index contributed by atoms with van der Waals surface area (Å²) >= 11 is 0. The number of aromatic nitrogens is 1. The minimum absolute atomic E-state index is 0.0386. The summed E-state index contributed by atoms with van der Waals surface area (Å²) < 4.78 is 27.3. The molecule has 3 aliphatic rings. The van der Waals surface area contributed by atoms with Crippen LogP contribution in [0.1, 0.15) is 48.1 Å². The number of ether oxygens (including phenoxy) is 2. The van der Waals surface area contributed by atoms with Crippen LogP contribution < -0.4 is 10.3 Å². The summed E-state index contributed by atoms with van der Waals surface area (Å²) in [7, 11) is 0. The van der Waals surface area contributed by atoms with Gasteiger partial charge in [0.05, 0.1) is 17.3 Å². The highest BCUT2D eigenvalue weighted by Crippen LogP contribution is 2.39. The van der Waals surface area contributed by atoms with Gasteiger partial charge in [0.2, 0.25) is 11.7 Å². The molecule has 5 rings (SSSR count). The van der Waals surface area contributed by atoms with Gasteiger partial charge in [-0.3, -0.25) is 4.79 Å². The molecule has 2 saturated heterocycles. The summed E-state index contributed by atoms with van der Waals surface area (Å²) in [6.07, 6.45) is -7.00. The van der Waals surface area contributed by atoms with Gasteiger partial charge in [-0.15, -0.1) is 0 Å². The van der Waals surface area contributed by atoms with Crippen molar-refractivity contribution >= 4 is 28.5 Å². The van der Waals surface area contributed by atoms with Crippen LogP contribution in [0, 0.1) is 5.82 Å². The van der Waals surface area contributed by atoms with E-state index in [0.29, 0.717) is 55.5 Å². The number of carboxylic acid groups (broad SMARTS) is 1. The van der Waals surface area contributed by atoms with Gasteiger partial charge in [-0.25, -0.2) is 14.0 Å². The molecule has 1 aromatic heterocycles. The Morgan fingerprint density at radius 2 is 1.76 bits per heavy atom. The minimum atomic E-state index is -1.99. The number of halogens is 1. The number of carboxylic acids is 1. The first-order valence-electron chi connectivity index (χ1n) is 12.5. The van der Waals surface area contributed by atoms with Gasteiger partial charge in [-0.1, -0.05) is 0 Å². The lowest BCUT2D eigenvalue weighted by molar-refractivity contribution is -0.278. The van der Waals surface area contributed by atoms with Gasteiger partial charge in [0.15, 0.2) is 6.10 Å². The number of rotatable bonds is 4. The summed E-state index contributed by atoms with van der Waals surface area (Å²) in [5.74, 6) is -3.55. The van der Waals surface area contributed by atoms with Crippen LogP contribution in [-0.2, 0) is 20.7 Å². The lowest BCUT2D eigenvalue weighted by Crippen LogP contribution is -2.60. The van der Waals surface area contributed by atoms with E-state index in [0.717, 1.165) is 6.07 Å². The van der Waals surface area contributed by atoms with E-state index >= 15 is 4.39 Å². The van der Waals surface area contributed by atoms with Crippen LogP contribution in [0.5, 0.6) is 0 Å². The zero-order valence-corrected chi connectivity index (χ0v) is 20.5. The number of hydrogen-bond acceptors (Lipinski definition) is 10. The molecule has 4 heterocycles. The molecule has 6 atom stereocenters. The van der Waals surface area contributed by atoms with Gasteiger partial charge in [0.25, 0.3) is 0 Å². The lowest BCUT2D eigenvalue weighted by atomic mass is 9.93. The molecule has 5 N–H and O–H groups in total. The molecule has 1 aromatic carbocycles. The highest BCUT2D eigenvalue weighted by Gasteiger charge is 2.49. The van der Waals surface area contributed by atoms with Gasteiger partial charge in [-0.2, -0.15) is 0 Å². The maximum atomic E-state index is 15.5. The highest BCUT2D eigenvalue weighted by molar-refractivity contribution is 5.96. The van der Waals surface area contributed by atoms with Crippen molar-refractivity contribution in [2.24, 2.45) is 0 Å². The van der Waals surface area contributed by atoms with Crippen LogP contribution in [0.4, 0.5) is 10.1 Å². The zero-order valence-electron chi connectivity index (χ0n) is 20.5. The molecule has 2 fully saturated rings. The minimum Gasteiger partial charge on any atom is -0.479 e. The fraction of sp³-hybridized carbons (Fsp3) is 0.560. The number of carbonyl (C=O) groups excluding carboxylic acids is 1. The van der Waals surface area contributed by atoms with E-state index in [1.54, 1.807) is 4.57 Å². The predicted octanol–water partition coefficient (Wildman–Crippen LogP) is -0.342. The van der Waals surface area contributed by atoms with E-state index in [4.69, 9.17) is 9.47 Å². The molecule has 0 amide bonds. The largest absolute Gasteiger partial charge is 0.479 e. The number of aryl methyl sites for hydroxylation is 1. The number of aliphatic carboxylic acids is 1. The van der Waals surface area contributed by atoms with Crippen molar-refractivity contribution in [3.63, 3.8) is 0 Å². The van der Waals surface area contributed by atoms with Gasteiger partial charge < -0.3 is 44.5 Å². The third-order valence-electron chi connectivity index (χ3n) is 7.66. The number of aliphatic hydroxyl groups is 4. The molecule has 0 radical (unpaired) electrons. The number of nitrogens with zero attached hydrogens (tertiary/aromatic N) is 2. The van der Waals surface area contributed by atoms with E-state index in [-0.39, 0.29) is 11.4 Å². The number of aliphatic hydroxyl groups excluding tert-OH is 4. The summed E-state index contributed by atoms with van der Waals surface area (Å²) in [4.78, 5) is 39.7. The number of pyridine rings is 1. The van der Waals surface area contributed by atoms with Crippen LogP contribution in [-0.4, -0.2) is 91.9 Å². The monoisotopic (exact) mass is 536 g/mol. The van der Waals surface area contributed by atoms with Crippen molar-refractivity contribution in [2.45, 2.75) is 75.5 Å². The molecule has 13 heteroatoms. The average Bonchev–Trinajstić information content (AvgIpc) is 2.88. The molecular formula is C25H29FN2O10. The molecule has 0 bridgehead atoms. The van der Waals surface area contributed by atoms with Crippen molar-refractivity contribution in [1.29, 1.82) is 0 Å². The first kappa shape index (κ1) is 26.5. The third kappa shape index (κ3) is 4.33. The summed E-state index contributed by atoms with van der Waals surface area (Å²) in [6.45, 7) is 2.80. The molecule has 12 nitrogen and oxygen atoms in total. The van der Waals surface area contributed by atoms with E-state index < -0.39 is 65.6 Å². The summed E-state index contributed by atoms with van der Waals surface area (Å²) in [5, 5.41) is 49.0. The van der Waals surface area contributed by atoms with Gasteiger partial charge in [0.1, 0.15) is 29.7 Å². The van der Waals surface area contributed by atoms with Crippen LogP contribution in [0.2, 0.25) is 0 Å². The smallest absolute Gasteiger partial charge is 0.346 e. The summed E-state index contributed by atoms with van der Waals surface area (Å²) in [6, 6.07) is 0.919. The number of hydrogen-bond donors (Lipinski definition) is 5. The number of esters is 1. The molecule has 6 unspecified atom stereocenters. The number of carbonyl (C=O) groups is 2. The molecule has 38 heavy (non-hydrogen) atoms. The van der Waals surface area contributed by atoms with E-state index in [9.17, 15) is 39.9 Å². The Morgan fingerprint density at radius 1 is 1.08 bits per heavy atom.